The highest BCUT2D eigenvalue weighted by Crippen LogP contribution is 2.37. The van der Waals surface area contributed by atoms with E-state index >= 15 is 0 Å². The maximum atomic E-state index is 11.4. The summed E-state index contributed by atoms with van der Waals surface area (Å²) in [5.41, 5.74) is 0.387. The highest BCUT2D eigenvalue weighted by Gasteiger charge is 2.38. The van der Waals surface area contributed by atoms with Gasteiger partial charge in [-0.25, -0.2) is 4.79 Å². The minimum Gasteiger partial charge on any atom is -0.485 e. The summed E-state index contributed by atoms with van der Waals surface area (Å²) in [5.74, 6) is 0.586. The molecule has 0 saturated heterocycles. The van der Waals surface area contributed by atoms with Crippen LogP contribution < -0.4 is 10.4 Å². The SMILES string of the molecule is CCS(=O)(=O)OCCO[C@H]1Cc2cc3ccc(=O)oc3cc2OC1(C)C. The molecule has 1 aliphatic rings. The van der Waals surface area contributed by atoms with E-state index in [4.69, 9.17) is 18.1 Å². The second-order valence-electron chi connectivity index (χ2n) is 6.69. The number of hydrogen-bond donors (Lipinski definition) is 0. The minimum absolute atomic E-state index is 0.0293. The molecule has 8 heteroatoms. The summed E-state index contributed by atoms with van der Waals surface area (Å²) in [6.07, 6.45) is 0.328. The monoisotopic (exact) mass is 382 g/mol. The Bertz CT molecular complexity index is 959. The second kappa shape index (κ2) is 7.02. The molecule has 0 amide bonds. The standard InChI is InChI=1S/C18H22O7S/c1-4-26(20,21)23-8-7-22-16-10-13-9-12-5-6-17(19)24-14(12)11-15(13)25-18(16,2)3/h5-6,9,11,16H,4,7-8,10H2,1-3H3/t16-/m0/s1. The van der Waals surface area contributed by atoms with Crippen LogP contribution in [0.3, 0.4) is 0 Å². The first-order valence-corrected chi connectivity index (χ1v) is 10.0. The maximum Gasteiger partial charge on any atom is 0.336 e. The molecule has 0 aliphatic carbocycles. The molecule has 26 heavy (non-hydrogen) atoms. The third-order valence-electron chi connectivity index (χ3n) is 4.37. The van der Waals surface area contributed by atoms with Crippen molar-refractivity contribution in [3.63, 3.8) is 0 Å². The predicted octanol–water partition coefficient (Wildman–Crippen LogP) is 2.26. The number of fused-ring (bicyclic) bond motifs is 2. The lowest BCUT2D eigenvalue weighted by Crippen LogP contribution is -2.48. The fourth-order valence-corrected chi connectivity index (χ4v) is 3.38. The average Bonchev–Trinajstić information content (AvgIpc) is 2.57. The van der Waals surface area contributed by atoms with E-state index in [-0.39, 0.29) is 25.1 Å². The molecule has 1 aliphatic heterocycles. The molecule has 2 aromatic rings. The largest absolute Gasteiger partial charge is 0.485 e. The average molecular weight is 382 g/mol. The molecule has 0 N–H and O–H groups in total. The molecule has 142 valence electrons. The first-order chi connectivity index (χ1) is 12.2. The zero-order valence-electron chi connectivity index (χ0n) is 15.0. The van der Waals surface area contributed by atoms with Crippen molar-refractivity contribution in [3.8, 4) is 5.75 Å². The zero-order chi connectivity index (χ0) is 18.9. The Balaban J connectivity index is 1.74. The summed E-state index contributed by atoms with van der Waals surface area (Å²) < 4.78 is 44.6. The van der Waals surface area contributed by atoms with E-state index in [1.165, 1.54) is 13.0 Å². The van der Waals surface area contributed by atoms with Crippen molar-refractivity contribution in [2.75, 3.05) is 19.0 Å². The van der Waals surface area contributed by atoms with Gasteiger partial charge in [0.25, 0.3) is 10.1 Å². The summed E-state index contributed by atoms with van der Waals surface area (Å²) >= 11 is 0. The minimum atomic E-state index is -3.47. The van der Waals surface area contributed by atoms with E-state index in [0.717, 1.165) is 10.9 Å². The van der Waals surface area contributed by atoms with E-state index in [1.54, 1.807) is 12.1 Å². The van der Waals surface area contributed by atoms with E-state index in [0.29, 0.717) is 17.8 Å². The van der Waals surface area contributed by atoms with Crippen LogP contribution in [0.5, 0.6) is 5.75 Å². The fourth-order valence-electron chi connectivity index (χ4n) is 2.89. The van der Waals surface area contributed by atoms with Crippen LogP contribution in [0.25, 0.3) is 11.0 Å². The van der Waals surface area contributed by atoms with Crippen LogP contribution in [-0.2, 0) is 25.5 Å². The van der Waals surface area contributed by atoms with Crippen LogP contribution in [0, 0.1) is 0 Å². The molecular weight excluding hydrogens is 360 g/mol. The third-order valence-corrected chi connectivity index (χ3v) is 5.61. The van der Waals surface area contributed by atoms with E-state index in [9.17, 15) is 13.2 Å². The van der Waals surface area contributed by atoms with Gasteiger partial charge in [0.15, 0.2) is 0 Å². The molecule has 1 aromatic heterocycles. The molecule has 0 spiro atoms. The Morgan fingerprint density at radius 3 is 2.73 bits per heavy atom. The first-order valence-electron chi connectivity index (χ1n) is 8.45. The molecule has 0 saturated carbocycles. The Morgan fingerprint density at radius 2 is 2.00 bits per heavy atom. The molecule has 0 bridgehead atoms. The lowest BCUT2D eigenvalue weighted by Gasteiger charge is -2.39. The number of hydrogen-bond acceptors (Lipinski definition) is 7. The van der Waals surface area contributed by atoms with Crippen LogP contribution in [0.2, 0.25) is 0 Å². The summed E-state index contributed by atoms with van der Waals surface area (Å²) in [4.78, 5) is 11.4. The van der Waals surface area contributed by atoms with Crippen LogP contribution in [0.4, 0.5) is 0 Å². The van der Waals surface area contributed by atoms with Gasteiger partial charge in [0.05, 0.1) is 19.0 Å². The van der Waals surface area contributed by atoms with Gasteiger partial charge in [-0.05, 0) is 38.5 Å². The van der Waals surface area contributed by atoms with Crippen LogP contribution in [0.15, 0.2) is 33.5 Å². The lowest BCUT2D eigenvalue weighted by molar-refractivity contribution is -0.0881. The summed E-state index contributed by atoms with van der Waals surface area (Å²) in [7, 11) is -3.47. The smallest absolute Gasteiger partial charge is 0.336 e. The van der Waals surface area contributed by atoms with Crippen molar-refractivity contribution in [3.05, 3.63) is 40.2 Å². The molecule has 2 heterocycles. The Morgan fingerprint density at radius 1 is 1.23 bits per heavy atom. The predicted molar refractivity (Wildman–Crippen MR) is 96.0 cm³/mol. The Kier molecular flexibility index (Phi) is 5.09. The van der Waals surface area contributed by atoms with Crippen LogP contribution >= 0.6 is 0 Å². The fraction of sp³-hybridized carbons (Fsp3) is 0.500. The van der Waals surface area contributed by atoms with Crippen molar-refractivity contribution in [2.24, 2.45) is 0 Å². The second-order valence-corrected chi connectivity index (χ2v) is 8.62. The van der Waals surface area contributed by atoms with Gasteiger partial charge >= 0.3 is 5.63 Å². The highest BCUT2D eigenvalue weighted by molar-refractivity contribution is 7.86. The third kappa shape index (κ3) is 4.08. The van der Waals surface area contributed by atoms with Gasteiger partial charge in [-0.15, -0.1) is 0 Å². The van der Waals surface area contributed by atoms with Crippen LogP contribution in [-0.4, -0.2) is 39.1 Å². The van der Waals surface area contributed by atoms with Gasteiger partial charge in [-0.3, -0.25) is 4.18 Å². The van der Waals surface area contributed by atoms with Crippen molar-refractivity contribution in [2.45, 2.75) is 38.9 Å². The van der Waals surface area contributed by atoms with Gasteiger partial charge in [0.1, 0.15) is 23.0 Å². The normalized spacial score (nSPS) is 19.1. The van der Waals surface area contributed by atoms with Crippen molar-refractivity contribution < 1.29 is 26.5 Å². The number of benzene rings is 1. The summed E-state index contributed by atoms with van der Waals surface area (Å²) in [5, 5.41) is 0.808. The van der Waals surface area contributed by atoms with Crippen molar-refractivity contribution in [1.29, 1.82) is 0 Å². The molecule has 0 radical (unpaired) electrons. The van der Waals surface area contributed by atoms with Crippen LogP contribution in [0.1, 0.15) is 26.3 Å². The van der Waals surface area contributed by atoms with Crippen molar-refractivity contribution >= 4 is 21.1 Å². The number of rotatable bonds is 6. The molecule has 1 aromatic carbocycles. The van der Waals surface area contributed by atoms with E-state index in [2.05, 4.69) is 0 Å². The number of ether oxygens (including phenoxy) is 2. The first kappa shape index (κ1) is 18.9. The highest BCUT2D eigenvalue weighted by atomic mass is 32.2. The summed E-state index contributed by atoms with van der Waals surface area (Å²) in [6, 6.07) is 6.72. The van der Waals surface area contributed by atoms with Gasteiger partial charge in [-0.2, -0.15) is 8.42 Å². The zero-order valence-corrected chi connectivity index (χ0v) is 15.8. The molecule has 0 unspecified atom stereocenters. The van der Waals surface area contributed by atoms with E-state index in [1.807, 2.05) is 19.9 Å². The molecule has 1 atom stereocenters. The molecule has 0 fully saturated rings. The van der Waals surface area contributed by atoms with Gasteiger partial charge in [0.2, 0.25) is 0 Å². The Hall–Kier alpha value is -1.90. The Labute approximate surface area is 152 Å². The van der Waals surface area contributed by atoms with Gasteiger partial charge in [0, 0.05) is 23.9 Å². The maximum absolute atomic E-state index is 11.4. The van der Waals surface area contributed by atoms with Gasteiger partial charge < -0.3 is 13.9 Å². The molecule has 3 rings (SSSR count). The van der Waals surface area contributed by atoms with E-state index < -0.39 is 21.3 Å². The lowest BCUT2D eigenvalue weighted by atomic mass is 9.90. The van der Waals surface area contributed by atoms with Crippen molar-refractivity contribution in [1.82, 2.24) is 0 Å². The molecular formula is C18H22O7S. The quantitative estimate of drug-likeness (QED) is 0.430. The topological polar surface area (TPSA) is 92.0 Å². The molecule has 7 nitrogen and oxygen atoms in total. The summed E-state index contributed by atoms with van der Waals surface area (Å²) in [6.45, 7) is 5.44. The van der Waals surface area contributed by atoms with Gasteiger partial charge in [-0.1, -0.05) is 0 Å².